The summed E-state index contributed by atoms with van der Waals surface area (Å²) in [6.45, 7) is 1.79. The lowest BCUT2D eigenvalue weighted by molar-refractivity contribution is -0.122. The number of nitrogens with one attached hydrogen (secondary N) is 1. The summed E-state index contributed by atoms with van der Waals surface area (Å²) in [5.74, 6) is -0.243. The van der Waals surface area contributed by atoms with Gasteiger partial charge in [0, 0.05) is 11.3 Å². The van der Waals surface area contributed by atoms with Gasteiger partial charge in [0.1, 0.15) is 22.9 Å². The van der Waals surface area contributed by atoms with E-state index in [0.717, 1.165) is 0 Å². The van der Waals surface area contributed by atoms with Crippen molar-refractivity contribution >= 4 is 40.9 Å². The van der Waals surface area contributed by atoms with Crippen molar-refractivity contribution in [2.24, 2.45) is 0 Å². The Labute approximate surface area is 211 Å². The second kappa shape index (κ2) is 9.55. The van der Waals surface area contributed by atoms with Crippen molar-refractivity contribution in [1.82, 2.24) is 15.1 Å². The Balaban J connectivity index is 1.42. The van der Waals surface area contributed by atoms with Crippen LogP contribution in [0.2, 0.25) is 0 Å². The van der Waals surface area contributed by atoms with E-state index in [4.69, 9.17) is 17.0 Å². The number of nitrogens with zero attached hydrogens (tertiary/aromatic N) is 3. The van der Waals surface area contributed by atoms with Crippen LogP contribution >= 0.6 is 12.2 Å². The number of anilines is 1. The monoisotopic (exact) mass is 498 g/mol. The Kier molecular flexibility index (Phi) is 6.14. The molecule has 0 bridgehead atoms. The van der Waals surface area contributed by atoms with E-state index in [1.165, 1.54) is 23.1 Å². The fourth-order valence-electron chi connectivity index (χ4n) is 3.74. The van der Waals surface area contributed by atoms with Gasteiger partial charge < -0.3 is 4.74 Å². The SMILES string of the molecule is Cc1c(/C=C2\C(=O)NC(=S)N(c3ccc(Oc4ccccc4)cc3)C2=O)cnn1-c1ccc(F)cc1. The summed E-state index contributed by atoms with van der Waals surface area (Å²) in [5, 5.41) is 6.88. The van der Waals surface area contributed by atoms with Gasteiger partial charge in [0.05, 0.1) is 17.6 Å². The van der Waals surface area contributed by atoms with Crippen LogP contribution < -0.4 is 15.0 Å². The molecule has 1 fully saturated rings. The van der Waals surface area contributed by atoms with Gasteiger partial charge in [-0.05, 0) is 85.9 Å². The molecule has 1 aliphatic heterocycles. The van der Waals surface area contributed by atoms with E-state index >= 15 is 0 Å². The van der Waals surface area contributed by atoms with Gasteiger partial charge in [-0.15, -0.1) is 0 Å². The first-order valence-corrected chi connectivity index (χ1v) is 11.4. The van der Waals surface area contributed by atoms with E-state index in [2.05, 4.69) is 10.4 Å². The summed E-state index contributed by atoms with van der Waals surface area (Å²) in [6, 6.07) is 22.0. The van der Waals surface area contributed by atoms with Crippen LogP contribution in [0.25, 0.3) is 11.8 Å². The van der Waals surface area contributed by atoms with Gasteiger partial charge in [-0.2, -0.15) is 5.10 Å². The zero-order chi connectivity index (χ0) is 25.2. The maximum atomic E-state index is 13.4. The van der Waals surface area contributed by atoms with Crippen LogP contribution in [0, 0.1) is 12.7 Å². The number of thiocarbonyl (C=S) groups is 1. The van der Waals surface area contributed by atoms with E-state index in [0.29, 0.717) is 34.1 Å². The number of amides is 2. The maximum absolute atomic E-state index is 13.4. The maximum Gasteiger partial charge on any atom is 0.270 e. The molecule has 178 valence electrons. The molecule has 1 saturated heterocycles. The highest BCUT2D eigenvalue weighted by Crippen LogP contribution is 2.27. The molecule has 9 heteroatoms. The highest BCUT2D eigenvalue weighted by atomic mass is 32.1. The number of hydrogen-bond donors (Lipinski definition) is 1. The molecule has 3 aromatic carbocycles. The average Bonchev–Trinajstić information content (AvgIpc) is 3.23. The van der Waals surface area contributed by atoms with Crippen LogP contribution in [0.4, 0.5) is 10.1 Å². The molecule has 1 aromatic heterocycles. The highest BCUT2D eigenvalue weighted by molar-refractivity contribution is 7.80. The fourth-order valence-corrected chi connectivity index (χ4v) is 4.02. The molecule has 1 aliphatic rings. The number of para-hydroxylation sites is 1. The number of aromatic nitrogens is 2. The van der Waals surface area contributed by atoms with E-state index in [1.807, 2.05) is 30.3 Å². The minimum absolute atomic E-state index is 0.0161. The van der Waals surface area contributed by atoms with Crippen LogP contribution in [-0.2, 0) is 9.59 Å². The van der Waals surface area contributed by atoms with Crippen molar-refractivity contribution < 1.29 is 18.7 Å². The smallest absolute Gasteiger partial charge is 0.270 e. The Morgan fingerprint density at radius 1 is 0.917 bits per heavy atom. The third-order valence-electron chi connectivity index (χ3n) is 5.59. The van der Waals surface area contributed by atoms with E-state index in [-0.39, 0.29) is 16.5 Å². The summed E-state index contributed by atoms with van der Waals surface area (Å²) >= 11 is 5.29. The Morgan fingerprint density at radius 2 is 1.56 bits per heavy atom. The molecule has 7 nitrogen and oxygen atoms in total. The van der Waals surface area contributed by atoms with Gasteiger partial charge in [-0.3, -0.25) is 19.8 Å². The van der Waals surface area contributed by atoms with Gasteiger partial charge in [-0.25, -0.2) is 9.07 Å². The van der Waals surface area contributed by atoms with Gasteiger partial charge in [0.25, 0.3) is 11.8 Å². The molecule has 36 heavy (non-hydrogen) atoms. The van der Waals surface area contributed by atoms with E-state index in [1.54, 1.807) is 54.2 Å². The Morgan fingerprint density at radius 3 is 2.25 bits per heavy atom. The molecule has 0 unspecified atom stereocenters. The molecule has 0 radical (unpaired) electrons. The van der Waals surface area contributed by atoms with Gasteiger partial charge in [0.15, 0.2) is 5.11 Å². The number of carbonyl (C=O) groups excluding carboxylic acids is 2. The number of benzene rings is 3. The topological polar surface area (TPSA) is 76.5 Å². The lowest BCUT2D eigenvalue weighted by Crippen LogP contribution is -2.54. The molecule has 0 saturated carbocycles. The Bertz CT molecular complexity index is 1500. The van der Waals surface area contributed by atoms with Crippen molar-refractivity contribution in [2.75, 3.05) is 4.90 Å². The number of ether oxygens (including phenoxy) is 1. The van der Waals surface area contributed by atoms with Crippen molar-refractivity contribution in [2.45, 2.75) is 6.92 Å². The Hall–Kier alpha value is -4.63. The standard InChI is InChI=1S/C27H19FN4O3S/c1-17-18(16-29-32(17)21-9-7-19(28)8-10-21)15-24-25(33)30-27(36)31(26(24)34)20-11-13-23(14-12-20)35-22-5-3-2-4-6-22/h2-16H,1H3,(H,30,33,36)/b24-15+. The van der Waals surface area contributed by atoms with Crippen molar-refractivity contribution in [3.8, 4) is 17.2 Å². The molecule has 5 rings (SSSR count). The summed E-state index contributed by atoms with van der Waals surface area (Å²) < 4.78 is 20.7. The highest BCUT2D eigenvalue weighted by Gasteiger charge is 2.34. The van der Waals surface area contributed by atoms with Crippen LogP contribution in [0.3, 0.4) is 0 Å². The minimum atomic E-state index is -0.598. The summed E-state index contributed by atoms with van der Waals surface area (Å²) in [4.78, 5) is 27.3. The van der Waals surface area contributed by atoms with Crippen molar-refractivity contribution in [3.63, 3.8) is 0 Å². The van der Waals surface area contributed by atoms with Crippen LogP contribution in [0.15, 0.2) is 90.6 Å². The summed E-state index contributed by atoms with van der Waals surface area (Å²) in [7, 11) is 0. The molecular formula is C27H19FN4O3S. The normalized spacial score (nSPS) is 14.8. The number of rotatable bonds is 5. The first-order valence-electron chi connectivity index (χ1n) is 11.0. The zero-order valence-electron chi connectivity index (χ0n) is 19.0. The van der Waals surface area contributed by atoms with Gasteiger partial charge in [0.2, 0.25) is 0 Å². The van der Waals surface area contributed by atoms with E-state index in [9.17, 15) is 14.0 Å². The molecule has 2 amide bonds. The molecule has 0 atom stereocenters. The second-order valence-electron chi connectivity index (χ2n) is 7.94. The molecule has 0 aliphatic carbocycles. The predicted octanol–water partition coefficient (Wildman–Crippen LogP) is 4.94. The number of halogens is 1. The minimum Gasteiger partial charge on any atom is -0.457 e. The third kappa shape index (κ3) is 4.51. The molecule has 2 heterocycles. The predicted molar refractivity (Wildman–Crippen MR) is 137 cm³/mol. The van der Waals surface area contributed by atoms with Crippen LogP contribution in [-0.4, -0.2) is 26.7 Å². The molecule has 1 N–H and O–H groups in total. The molecule has 4 aromatic rings. The fraction of sp³-hybridized carbons (Fsp3) is 0.0370. The van der Waals surface area contributed by atoms with Crippen molar-refractivity contribution in [1.29, 1.82) is 0 Å². The first kappa shape index (κ1) is 23.1. The van der Waals surface area contributed by atoms with Gasteiger partial charge >= 0.3 is 0 Å². The second-order valence-corrected chi connectivity index (χ2v) is 8.33. The number of carbonyl (C=O) groups is 2. The quantitative estimate of drug-likeness (QED) is 0.240. The van der Waals surface area contributed by atoms with Crippen LogP contribution in [0.1, 0.15) is 11.3 Å². The molecular weight excluding hydrogens is 479 g/mol. The lowest BCUT2D eigenvalue weighted by atomic mass is 10.1. The summed E-state index contributed by atoms with van der Waals surface area (Å²) in [6.07, 6.45) is 3.01. The first-order chi connectivity index (χ1) is 17.4. The van der Waals surface area contributed by atoms with E-state index < -0.39 is 11.8 Å². The zero-order valence-corrected chi connectivity index (χ0v) is 19.8. The molecule has 0 spiro atoms. The van der Waals surface area contributed by atoms with Gasteiger partial charge in [-0.1, -0.05) is 18.2 Å². The summed E-state index contributed by atoms with van der Waals surface area (Å²) in [5.41, 5.74) is 2.29. The number of hydrogen-bond acceptors (Lipinski definition) is 5. The lowest BCUT2D eigenvalue weighted by Gasteiger charge is -2.29. The third-order valence-corrected chi connectivity index (χ3v) is 5.88. The van der Waals surface area contributed by atoms with Crippen LogP contribution in [0.5, 0.6) is 11.5 Å². The largest absolute Gasteiger partial charge is 0.457 e. The van der Waals surface area contributed by atoms with Crippen molar-refractivity contribution in [3.05, 3.63) is 108 Å². The average molecular weight is 499 g/mol.